The van der Waals surface area contributed by atoms with Gasteiger partial charge in [0.2, 0.25) is 0 Å². The van der Waals surface area contributed by atoms with Gasteiger partial charge in [0.25, 0.3) is 0 Å². The predicted molar refractivity (Wildman–Crippen MR) is 75.1 cm³/mol. The maximum atomic E-state index is 11.9. The maximum Gasteiger partial charge on any atom is 0.326 e. The van der Waals surface area contributed by atoms with E-state index in [1.165, 1.54) is 0 Å². The summed E-state index contributed by atoms with van der Waals surface area (Å²) in [5.41, 5.74) is 0. The lowest BCUT2D eigenvalue weighted by Crippen LogP contribution is -2.54. The second-order valence-corrected chi connectivity index (χ2v) is 5.79. The van der Waals surface area contributed by atoms with Crippen molar-refractivity contribution in [3.63, 3.8) is 0 Å². The number of carbonyl (C=O) groups excluding carboxylic acids is 1. The fraction of sp³-hybridized carbons (Fsp3) is 0.846. The van der Waals surface area contributed by atoms with Gasteiger partial charge in [-0.15, -0.1) is 0 Å². The summed E-state index contributed by atoms with van der Waals surface area (Å²) in [6, 6.07) is -1.31. The Morgan fingerprint density at radius 2 is 1.58 bits per heavy atom. The number of likely N-dealkylation sites (N-methyl/N-ethyl adjacent to an activating group) is 1. The van der Waals surface area contributed by atoms with E-state index in [9.17, 15) is 9.59 Å². The van der Waals surface area contributed by atoms with Crippen molar-refractivity contribution >= 4 is 12.0 Å². The molecule has 112 valence electrons. The third kappa shape index (κ3) is 7.00. The highest BCUT2D eigenvalue weighted by molar-refractivity contribution is 5.82. The van der Waals surface area contributed by atoms with Crippen molar-refractivity contribution < 1.29 is 14.7 Å². The van der Waals surface area contributed by atoms with E-state index in [0.717, 1.165) is 0 Å². The van der Waals surface area contributed by atoms with Gasteiger partial charge < -0.3 is 20.6 Å². The van der Waals surface area contributed by atoms with Gasteiger partial charge in [-0.2, -0.15) is 0 Å². The third-order valence-corrected chi connectivity index (χ3v) is 2.90. The van der Waals surface area contributed by atoms with Crippen LogP contribution in [0, 0.1) is 11.8 Å². The van der Waals surface area contributed by atoms with Crippen LogP contribution in [0.4, 0.5) is 4.79 Å². The zero-order valence-corrected chi connectivity index (χ0v) is 12.7. The Morgan fingerprint density at radius 1 is 1.05 bits per heavy atom. The molecule has 19 heavy (non-hydrogen) atoms. The normalized spacial score (nSPS) is 14.6. The van der Waals surface area contributed by atoms with E-state index in [1.807, 2.05) is 32.8 Å². The number of rotatable bonds is 7. The van der Waals surface area contributed by atoms with Gasteiger partial charge >= 0.3 is 12.0 Å². The number of amides is 2. The minimum atomic E-state index is -1.01. The molecule has 2 amide bonds. The van der Waals surface area contributed by atoms with E-state index in [4.69, 9.17) is 5.11 Å². The Bertz CT molecular complexity index is 304. The Hall–Kier alpha value is -1.30. The van der Waals surface area contributed by atoms with Gasteiger partial charge in [-0.05, 0) is 25.9 Å². The first-order valence-electron chi connectivity index (χ1n) is 6.59. The number of hydrogen-bond donors (Lipinski definition) is 3. The molecule has 0 aliphatic carbocycles. The Labute approximate surface area is 115 Å². The Morgan fingerprint density at radius 3 is 1.89 bits per heavy atom. The fourth-order valence-electron chi connectivity index (χ4n) is 1.68. The molecule has 6 nitrogen and oxygen atoms in total. The first kappa shape index (κ1) is 17.7. The van der Waals surface area contributed by atoms with Gasteiger partial charge in [-0.1, -0.05) is 27.7 Å². The van der Waals surface area contributed by atoms with E-state index >= 15 is 0 Å². The molecule has 6 heteroatoms. The van der Waals surface area contributed by atoms with Gasteiger partial charge in [0, 0.05) is 12.6 Å². The highest BCUT2D eigenvalue weighted by Crippen LogP contribution is 2.04. The lowest BCUT2D eigenvalue weighted by Gasteiger charge is -2.27. The molecule has 2 atom stereocenters. The van der Waals surface area contributed by atoms with Crippen LogP contribution in [-0.4, -0.2) is 54.7 Å². The summed E-state index contributed by atoms with van der Waals surface area (Å²) < 4.78 is 0. The van der Waals surface area contributed by atoms with Crippen LogP contribution in [0.3, 0.4) is 0 Å². The molecule has 3 N–H and O–H groups in total. The number of nitrogens with one attached hydrogen (secondary N) is 2. The smallest absolute Gasteiger partial charge is 0.326 e. The highest BCUT2D eigenvalue weighted by Gasteiger charge is 2.25. The largest absolute Gasteiger partial charge is 0.480 e. The Kier molecular flexibility index (Phi) is 7.44. The van der Waals surface area contributed by atoms with Crippen LogP contribution in [0.15, 0.2) is 0 Å². The molecular formula is C13H27N3O3. The summed E-state index contributed by atoms with van der Waals surface area (Å²) in [6.45, 7) is 8.28. The molecule has 1 unspecified atom stereocenters. The second kappa shape index (κ2) is 7.99. The van der Waals surface area contributed by atoms with Crippen molar-refractivity contribution in [1.82, 2.24) is 15.5 Å². The van der Waals surface area contributed by atoms with Crippen LogP contribution in [0.2, 0.25) is 0 Å². The average molecular weight is 273 g/mol. The van der Waals surface area contributed by atoms with Crippen molar-refractivity contribution in [2.45, 2.75) is 39.8 Å². The molecule has 0 spiro atoms. The number of hydrogen-bond acceptors (Lipinski definition) is 3. The summed E-state index contributed by atoms with van der Waals surface area (Å²) >= 11 is 0. The van der Waals surface area contributed by atoms with Crippen LogP contribution < -0.4 is 10.6 Å². The van der Waals surface area contributed by atoms with Crippen LogP contribution in [0.25, 0.3) is 0 Å². The molecular weight excluding hydrogens is 246 g/mol. The van der Waals surface area contributed by atoms with E-state index in [1.54, 1.807) is 13.8 Å². The number of carbonyl (C=O) groups is 2. The quantitative estimate of drug-likeness (QED) is 0.646. The van der Waals surface area contributed by atoms with E-state index < -0.39 is 18.0 Å². The van der Waals surface area contributed by atoms with E-state index in [2.05, 4.69) is 10.6 Å². The minimum Gasteiger partial charge on any atom is -0.480 e. The third-order valence-electron chi connectivity index (χ3n) is 2.90. The average Bonchev–Trinajstić information content (AvgIpc) is 2.23. The van der Waals surface area contributed by atoms with Crippen LogP contribution in [0.5, 0.6) is 0 Å². The molecule has 0 aromatic heterocycles. The van der Waals surface area contributed by atoms with Gasteiger partial charge in [0.15, 0.2) is 0 Å². The molecule has 0 aliphatic heterocycles. The topological polar surface area (TPSA) is 81.7 Å². The lowest BCUT2D eigenvalue weighted by molar-refractivity contribution is -0.140. The molecule has 0 saturated heterocycles. The van der Waals surface area contributed by atoms with Gasteiger partial charge in [-0.3, -0.25) is 0 Å². The molecule has 0 aromatic carbocycles. The number of aliphatic carboxylic acids is 1. The predicted octanol–water partition coefficient (Wildman–Crippen LogP) is 0.981. The SMILES string of the molecule is CC(C)C(CN(C)C)NC(=O)N[C@@H](C(=O)O)C(C)C. The molecule has 0 heterocycles. The molecule has 0 saturated carbocycles. The molecule has 0 aliphatic rings. The zero-order valence-electron chi connectivity index (χ0n) is 12.7. The molecule has 0 bridgehead atoms. The van der Waals surface area contributed by atoms with Crippen LogP contribution in [0.1, 0.15) is 27.7 Å². The lowest BCUT2D eigenvalue weighted by atomic mass is 10.0. The Balaban J connectivity index is 4.52. The first-order valence-corrected chi connectivity index (χ1v) is 6.59. The van der Waals surface area contributed by atoms with E-state index in [-0.39, 0.29) is 17.9 Å². The van der Waals surface area contributed by atoms with Crippen molar-refractivity contribution in [2.75, 3.05) is 20.6 Å². The van der Waals surface area contributed by atoms with Crippen LogP contribution in [-0.2, 0) is 4.79 Å². The molecule has 0 fully saturated rings. The van der Waals surface area contributed by atoms with Gasteiger partial charge in [0.05, 0.1) is 0 Å². The van der Waals surface area contributed by atoms with Crippen LogP contribution >= 0.6 is 0 Å². The standard InChI is InChI=1S/C13H27N3O3/c1-8(2)10(7-16(5)6)14-13(19)15-11(9(3)4)12(17)18/h8-11H,7H2,1-6H3,(H,17,18)(H2,14,15,19)/t10?,11-/m1/s1. The fourth-order valence-corrected chi connectivity index (χ4v) is 1.68. The van der Waals surface area contributed by atoms with Crippen molar-refractivity contribution in [3.05, 3.63) is 0 Å². The number of carboxylic acids is 1. The number of nitrogens with zero attached hydrogens (tertiary/aromatic N) is 1. The number of urea groups is 1. The summed E-state index contributed by atoms with van der Waals surface area (Å²) in [5, 5.41) is 14.4. The summed E-state index contributed by atoms with van der Waals surface area (Å²) in [5.74, 6) is -0.899. The monoisotopic (exact) mass is 273 g/mol. The molecule has 0 rings (SSSR count). The minimum absolute atomic E-state index is 0.0170. The molecule has 0 radical (unpaired) electrons. The van der Waals surface area contributed by atoms with Crippen molar-refractivity contribution in [1.29, 1.82) is 0 Å². The maximum absolute atomic E-state index is 11.9. The van der Waals surface area contributed by atoms with Gasteiger partial charge in [-0.25, -0.2) is 9.59 Å². The van der Waals surface area contributed by atoms with Crippen molar-refractivity contribution in [3.8, 4) is 0 Å². The first-order chi connectivity index (χ1) is 8.65. The summed E-state index contributed by atoms with van der Waals surface area (Å²) in [4.78, 5) is 24.9. The summed E-state index contributed by atoms with van der Waals surface area (Å²) in [6.07, 6.45) is 0. The van der Waals surface area contributed by atoms with Gasteiger partial charge in [0.1, 0.15) is 6.04 Å². The molecule has 0 aromatic rings. The number of carboxylic acid groups (broad SMARTS) is 1. The zero-order chi connectivity index (χ0) is 15.2. The second-order valence-electron chi connectivity index (χ2n) is 5.79. The van der Waals surface area contributed by atoms with E-state index in [0.29, 0.717) is 6.54 Å². The van der Waals surface area contributed by atoms with Crippen molar-refractivity contribution in [2.24, 2.45) is 11.8 Å². The highest BCUT2D eigenvalue weighted by atomic mass is 16.4. The summed E-state index contributed by atoms with van der Waals surface area (Å²) in [7, 11) is 3.87.